The minimum absolute atomic E-state index is 0.0747. The Morgan fingerprint density at radius 1 is 1.18 bits per heavy atom. The molecular formula is C18H23NO3. The number of hydrogen-bond acceptors (Lipinski definition) is 3. The summed E-state index contributed by atoms with van der Waals surface area (Å²) in [5.74, 6) is -0.284. The molecule has 4 heteroatoms. The Bertz CT molecular complexity index is 720. The summed E-state index contributed by atoms with van der Waals surface area (Å²) in [6, 6.07) is 5.39. The zero-order valence-corrected chi connectivity index (χ0v) is 13.9. The van der Waals surface area contributed by atoms with Crippen LogP contribution >= 0.6 is 0 Å². The molecular weight excluding hydrogens is 278 g/mol. The molecule has 1 aromatic heterocycles. The zero-order chi connectivity index (χ0) is 16.5. The van der Waals surface area contributed by atoms with Gasteiger partial charge in [-0.3, -0.25) is 4.79 Å². The Kier molecular flexibility index (Phi) is 4.40. The van der Waals surface area contributed by atoms with Gasteiger partial charge in [0.2, 0.25) is 0 Å². The van der Waals surface area contributed by atoms with Crippen LogP contribution in [-0.4, -0.2) is 22.9 Å². The summed E-state index contributed by atoms with van der Waals surface area (Å²) in [4.78, 5) is 24.6. The Labute approximate surface area is 131 Å². The van der Waals surface area contributed by atoms with Crippen LogP contribution in [0, 0.1) is 5.41 Å². The molecule has 0 atom stereocenters. The second-order valence-electron chi connectivity index (χ2n) is 6.36. The molecule has 4 nitrogen and oxygen atoms in total. The summed E-state index contributed by atoms with van der Waals surface area (Å²) < 4.78 is 7.08. The molecule has 0 fully saturated rings. The van der Waals surface area contributed by atoms with Crippen molar-refractivity contribution in [2.24, 2.45) is 5.41 Å². The van der Waals surface area contributed by atoms with Gasteiger partial charge in [-0.1, -0.05) is 20.8 Å². The van der Waals surface area contributed by atoms with Gasteiger partial charge in [-0.15, -0.1) is 0 Å². The molecule has 0 aliphatic heterocycles. The van der Waals surface area contributed by atoms with E-state index in [4.69, 9.17) is 4.74 Å². The van der Waals surface area contributed by atoms with Crippen molar-refractivity contribution in [1.29, 1.82) is 0 Å². The quantitative estimate of drug-likeness (QED) is 0.632. The largest absolute Gasteiger partial charge is 0.462 e. The Hall–Kier alpha value is -2.10. The molecule has 118 valence electrons. The van der Waals surface area contributed by atoms with E-state index >= 15 is 0 Å². The van der Waals surface area contributed by atoms with Crippen molar-refractivity contribution in [2.45, 2.75) is 41.2 Å². The number of aromatic nitrogens is 1. The number of esters is 1. The highest BCUT2D eigenvalue weighted by Crippen LogP contribution is 2.29. The van der Waals surface area contributed by atoms with E-state index in [0.29, 0.717) is 17.7 Å². The summed E-state index contributed by atoms with van der Waals surface area (Å²) >= 11 is 0. The summed E-state index contributed by atoms with van der Waals surface area (Å²) in [7, 11) is 0. The molecule has 0 saturated heterocycles. The maximum Gasteiger partial charge on any atom is 0.338 e. The van der Waals surface area contributed by atoms with Crippen molar-refractivity contribution in [3.8, 4) is 0 Å². The van der Waals surface area contributed by atoms with E-state index in [9.17, 15) is 9.59 Å². The highest BCUT2D eigenvalue weighted by molar-refractivity contribution is 6.11. The van der Waals surface area contributed by atoms with Gasteiger partial charge in [-0.05, 0) is 32.0 Å². The van der Waals surface area contributed by atoms with Crippen LogP contribution < -0.4 is 0 Å². The lowest BCUT2D eigenvalue weighted by molar-refractivity contribution is 0.0526. The second kappa shape index (κ2) is 5.95. The fourth-order valence-electron chi connectivity index (χ4n) is 2.49. The Morgan fingerprint density at radius 3 is 2.41 bits per heavy atom. The molecule has 0 amide bonds. The van der Waals surface area contributed by atoms with Crippen LogP contribution in [0.4, 0.5) is 0 Å². The van der Waals surface area contributed by atoms with Gasteiger partial charge in [-0.2, -0.15) is 0 Å². The number of nitrogens with zero attached hydrogens (tertiary/aromatic N) is 1. The molecule has 0 unspecified atom stereocenters. The van der Waals surface area contributed by atoms with Crippen LogP contribution in [0.25, 0.3) is 10.9 Å². The molecule has 0 bridgehead atoms. The van der Waals surface area contributed by atoms with Gasteiger partial charge in [-0.25, -0.2) is 4.79 Å². The molecule has 22 heavy (non-hydrogen) atoms. The van der Waals surface area contributed by atoms with Gasteiger partial charge < -0.3 is 9.30 Å². The van der Waals surface area contributed by atoms with Crippen LogP contribution in [-0.2, 0) is 11.3 Å². The average Bonchev–Trinajstić information content (AvgIpc) is 2.83. The number of hydrogen-bond donors (Lipinski definition) is 0. The number of aryl methyl sites for hydroxylation is 1. The van der Waals surface area contributed by atoms with Gasteiger partial charge in [0.25, 0.3) is 0 Å². The summed E-state index contributed by atoms with van der Waals surface area (Å²) in [6.07, 6.45) is 1.88. The summed E-state index contributed by atoms with van der Waals surface area (Å²) in [5, 5.41) is 0.812. The maximum absolute atomic E-state index is 12.7. The number of carbonyl (C=O) groups is 2. The minimum Gasteiger partial charge on any atom is -0.462 e. The highest BCUT2D eigenvalue weighted by atomic mass is 16.5. The third-order valence-electron chi connectivity index (χ3n) is 3.66. The lowest BCUT2D eigenvalue weighted by atomic mass is 9.86. The first-order valence-electron chi connectivity index (χ1n) is 7.64. The van der Waals surface area contributed by atoms with Crippen molar-refractivity contribution in [3.63, 3.8) is 0 Å². The van der Waals surface area contributed by atoms with Gasteiger partial charge in [0, 0.05) is 34.6 Å². The number of fused-ring (bicyclic) bond motifs is 1. The minimum atomic E-state index is -0.465. The number of ketones is 1. The predicted octanol–water partition coefficient (Wildman–Crippen LogP) is 4.07. The molecule has 1 heterocycles. The van der Waals surface area contributed by atoms with E-state index in [1.54, 1.807) is 19.1 Å². The third-order valence-corrected chi connectivity index (χ3v) is 3.66. The van der Waals surface area contributed by atoms with Crippen LogP contribution in [0.5, 0.6) is 0 Å². The molecule has 2 rings (SSSR count). The van der Waals surface area contributed by atoms with Crippen molar-refractivity contribution in [3.05, 3.63) is 35.5 Å². The van der Waals surface area contributed by atoms with Crippen molar-refractivity contribution >= 4 is 22.7 Å². The highest BCUT2D eigenvalue weighted by Gasteiger charge is 2.26. The number of benzene rings is 1. The van der Waals surface area contributed by atoms with E-state index in [1.807, 2.05) is 44.5 Å². The van der Waals surface area contributed by atoms with Gasteiger partial charge in [0.05, 0.1) is 12.2 Å². The first-order chi connectivity index (χ1) is 10.3. The first-order valence-corrected chi connectivity index (χ1v) is 7.64. The molecule has 0 radical (unpaired) electrons. The normalized spacial score (nSPS) is 11.7. The number of rotatable bonds is 4. The maximum atomic E-state index is 12.7. The van der Waals surface area contributed by atoms with Gasteiger partial charge in [0.15, 0.2) is 5.78 Å². The van der Waals surface area contributed by atoms with Crippen LogP contribution in [0.15, 0.2) is 24.4 Å². The van der Waals surface area contributed by atoms with Gasteiger partial charge >= 0.3 is 5.97 Å². The van der Waals surface area contributed by atoms with E-state index in [1.165, 1.54) is 0 Å². The van der Waals surface area contributed by atoms with Gasteiger partial charge in [0.1, 0.15) is 0 Å². The molecule has 0 saturated carbocycles. The fourth-order valence-corrected chi connectivity index (χ4v) is 2.49. The second-order valence-corrected chi connectivity index (χ2v) is 6.36. The van der Waals surface area contributed by atoms with E-state index in [2.05, 4.69) is 0 Å². The fraction of sp³-hybridized carbons (Fsp3) is 0.444. The van der Waals surface area contributed by atoms with Crippen LogP contribution in [0.3, 0.4) is 0 Å². The summed E-state index contributed by atoms with van der Waals surface area (Å²) in [6.45, 7) is 10.6. The molecule has 0 aliphatic rings. The topological polar surface area (TPSA) is 48.3 Å². The average molecular weight is 301 g/mol. The number of carbonyl (C=O) groups excluding carboxylic acids is 2. The monoisotopic (exact) mass is 301 g/mol. The molecule has 2 aromatic rings. The predicted molar refractivity (Wildman–Crippen MR) is 87.4 cm³/mol. The van der Waals surface area contributed by atoms with Crippen molar-refractivity contribution < 1.29 is 14.3 Å². The van der Waals surface area contributed by atoms with Crippen molar-refractivity contribution in [2.75, 3.05) is 6.61 Å². The standard InChI is InChI=1S/C18H23NO3/c1-6-19-11-14(16(20)18(3,4)5)13-10-12(8-9-15(13)19)17(21)22-7-2/h8-11H,6-7H2,1-5H3. The lowest BCUT2D eigenvalue weighted by Crippen LogP contribution is -2.20. The zero-order valence-electron chi connectivity index (χ0n) is 13.9. The van der Waals surface area contributed by atoms with E-state index in [0.717, 1.165) is 17.4 Å². The smallest absolute Gasteiger partial charge is 0.338 e. The van der Waals surface area contributed by atoms with Crippen LogP contribution in [0.2, 0.25) is 0 Å². The number of ether oxygens (including phenoxy) is 1. The molecule has 0 spiro atoms. The molecule has 0 aliphatic carbocycles. The van der Waals surface area contributed by atoms with E-state index < -0.39 is 5.41 Å². The molecule has 0 N–H and O–H groups in total. The Balaban J connectivity index is 2.63. The Morgan fingerprint density at radius 2 is 1.86 bits per heavy atom. The summed E-state index contributed by atoms with van der Waals surface area (Å²) in [5.41, 5.74) is 1.64. The SMILES string of the molecule is CCOC(=O)c1ccc2c(c1)c(C(=O)C(C)(C)C)cn2CC. The number of Topliss-reactive ketones (excluding diaryl/α,β-unsaturated/α-hetero) is 1. The molecule has 1 aromatic carbocycles. The third kappa shape index (κ3) is 2.91. The lowest BCUT2D eigenvalue weighted by Gasteiger charge is -2.15. The first kappa shape index (κ1) is 16.3. The van der Waals surface area contributed by atoms with E-state index in [-0.39, 0.29) is 11.8 Å². The van der Waals surface area contributed by atoms with Crippen LogP contribution in [0.1, 0.15) is 55.3 Å². The van der Waals surface area contributed by atoms with Crippen molar-refractivity contribution in [1.82, 2.24) is 4.57 Å².